The Hall–Kier alpha value is -2.75. The molecule has 0 fully saturated rings. The van der Waals surface area contributed by atoms with E-state index in [0.29, 0.717) is 0 Å². The summed E-state index contributed by atoms with van der Waals surface area (Å²) in [5, 5.41) is 5.65. The lowest BCUT2D eigenvalue weighted by Crippen LogP contribution is -2.50. The molecular weight excluding hydrogens is 272 g/mol. The molecular formula is C18H14N4. The van der Waals surface area contributed by atoms with Gasteiger partial charge in [0.15, 0.2) is 0 Å². The second kappa shape index (κ2) is 3.91. The van der Waals surface area contributed by atoms with Gasteiger partial charge < -0.3 is 5.43 Å². The van der Waals surface area contributed by atoms with Crippen molar-refractivity contribution in [3.63, 3.8) is 0 Å². The first-order chi connectivity index (χ1) is 10.8. The van der Waals surface area contributed by atoms with Crippen LogP contribution in [0.2, 0.25) is 0 Å². The number of pyridine rings is 2. The molecule has 2 aliphatic rings. The fourth-order valence-corrected chi connectivity index (χ4v) is 3.55. The van der Waals surface area contributed by atoms with E-state index in [0.717, 1.165) is 45.8 Å². The van der Waals surface area contributed by atoms with E-state index in [1.54, 1.807) is 0 Å². The minimum atomic E-state index is -0.286. The number of hydrazone groups is 1. The van der Waals surface area contributed by atoms with Gasteiger partial charge in [0.25, 0.3) is 0 Å². The lowest BCUT2D eigenvalue weighted by molar-refractivity contribution is 0.599. The molecule has 0 amide bonds. The van der Waals surface area contributed by atoms with Gasteiger partial charge in [0.1, 0.15) is 5.41 Å². The van der Waals surface area contributed by atoms with Crippen molar-refractivity contribution in [2.24, 2.45) is 5.10 Å². The van der Waals surface area contributed by atoms with Crippen LogP contribution in [0.4, 0.5) is 0 Å². The van der Waals surface area contributed by atoms with Gasteiger partial charge in [-0.3, -0.25) is 9.97 Å². The fraction of sp³-hybridized carbons (Fsp3) is 0.167. The summed E-state index contributed by atoms with van der Waals surface area (Å²) >= 11 is 0. The first-order valence-electron chi connectivity index (χ1n) is 7.45. The topological polar surface area (TPSA) is 50.2 Å². The van der Waals surface area contributed by atoms with Crippen molar-refractivity contribution >= 4 is 16.6 Å². The summed E-state index contributed by atoms with van der Waals surface area (Å²) in [6.45, 7) is 2.76. The Morgan fingerprint density at radius 2 is 1.91 bits per heavy atom. The Morgan fingerprint density at radius 3 is 2.86 bits per heavy atom. The number of aromatic nitrogens is 2. The zero-order chi connectivity index (χ0) is 14.7. The van der Waals surface area contributed by atoms with Crippen LogP contribution in [-0.4, -0.2) is 22.2 Å². The van der Waals surface area contributed by atoms with Gasteiger partial charge in [0.05, 0.1) is 29.2 Å². The van der Waals surface area contributed by atoms with Crippen molar-refractivity contribution in [3.8, 4) is 0 Å². The highest BCUT2D eigenvalue weighted by Crippen LogP contribution is 2.46. The van der Waals surface area contributed by atoms with Crippen LogP contribution < -0.4 is 5.43 Å². The summed E-state index contributed by atoms with van der Waals surface area (Å²) in [7, 11) is 0. The van der Waals surface area contributed by atoms with E-state index in [-0.39, 0.29) is 5.41 Å². The van der Waals surface area contributed by atoms with Crippen LogP contribution in [0.25, 0.3) is 10.9 Å². The van der Waals surface area contributed by atoms with Crippen molar-refractivity contribution < 1.29 is 0 Å². The third-order valence-corrected chi connectivity index (χ3v) is 4.67. The lowest BCUT2D eigenvalue weighted by Gasteiger charge is -2.39. The average molecular weight is 286 g/mol. The highest BCUT2D eigenvalue weighted by molar-refractivity contribution is 6.19. The van der Waals surface area contributed by atoms with E-state index in [1.165, 1.54) is 0 Å². The summed E-state index contributed by atoms with van der Waals surface area (Å²) in [5.41, 5.74) is 9.24. The van der Waals surface area contributed by atoms with Gasteiger partial charge in [-0.2, -0.15) is 5.10 Å². The first-order valence-corrected chi connectivity index (χ1v) is 7.45. The van der Waals surface area contributed by atoms with Gasteiger partial charge in [-0.25, -0.2) is 0 Å². The van der Waals surface area contributed by atoms with E-state index < -0.39 is 0 Å². The van der Waals surface area contributed by atoms with E-state index in [9.17, 15) is 0 Å². The largest absolute Gasteiger partial charge is 0.308 e. The number of rotatable bonds is 1. The Balaban J connectivity index is 1.77. The fourth-order valence-electron chi connectivity index (χ4n) is 3.55. The Morgan fingerprint density at radius 1 is 1.00 bits per heavy atom. The smallest absolute Gasteiger partial charge is 0.119 e. The second-order valence-electron chi connectivity index (χ2n) is 5.94. The van der Waals surface area contributed by atoms with Gasteiger partial charge >= 0.3 is 0 Å². The molecule has 4 nitrogen and oxygen atoms in total. The maximum atomic E-state index is 4.90. The lowest BCUT2D eigenvalue weighted by atomic mass is 9.63. The summed E-state index contributed by atoms with van der Waals surface area (Å²) in [5.74, 6) is 0. The number of nitrogens with zero attached hydrogens (tertiary/aromatic N) is 3. The molecule has 1 unspecified atom stereocenters. The van der Waals surface area contributed by atoms with Crippen LogP contribution in [0.1, 0.15) is 22.6 Å². The number of benzene rings is 1. The van der Waals surface area contributed by atoms with Crippen molar-refractivity contribution in [3.05, 3.63) is 71.2 Å². The van der Waals surface area contributed by atoms with Crippen LogP contribution >= 0.6 is 0 Å². The molecule has 1 aliphatic heterocycles. The highest BCUT2D eigenvalue weighted by Gasteiger charge is 2.56. The molecule has 2 aromatic heterocycles. The molecule has 1 aromatic carbocycles. The monoisotopic (exact) mass is 286 g/mol. The molecule has 1 atom stereocenters. The normalized spacial score (nSPS) is 21.6. The Labute approximate surface area is 127 Å². The predicted molar refractivity (Wildman–Crippen MR) is 86.0 cm³/mol. The minimum absolute atomic E-state index is 0.286. The van der Waals surface area contributed by atoms with Crippen molar-refractivity contribution in [1.29, 1.82) is 0 Å². The van der Waals surface area contributed by atoms with Gasteiger partial charge in [-0.1, -0.05) is 24.3 Å². The zero-order valence-electron chi connectivity index (χ0n) is 12.2. The molecule has 1 aliphatic carbocycles. The SMILES string of the molecule is Cc1ccc2c(n1)C1(c3ccc4ccccc4n3)CNN=C21. The summed E-state index contributed by atoms with van der Waals surface area (Å²) in [4.78, 5) is 9.67. The summed E-state index contributed by atoms with van der Waals surface area (Å²) in [6.07, 6.45) is 0. The zero-order valence-corrected chi connectivity index (χ0v) is 12.2. The van der Waals surface area contributed by atoms with Crippen LogP contribution in [0.5, 0.6) is 0 Å². The molecule has 3 heterocycles. The van der Waals surface area contributed by atoms with Crippen molar-refractivity contribution in [2.75, 3.05) is 6.54 Å². The molecule has 106 valence electrons. The molecule has 5 rings (SSSR count). The molecule has 0 bridgehead atoms. The van der Waals surface area contributed by atoms with Gasteiger partial charge in [0, 0.05) is 16.6 Å². The van der Waals surface area contributed by atoms with Gasteiger partial charge in [0.2, 0.25) is 0 Å². The van der Waals surface area contributed by atoms with E-state index in [1.807, 2.05) is 25.1 Å². The standard InChI is InChI=1S/C18H14N4/c1-11-6-8-13-16(20-11)18(10-19-22-17(13)18)15-9-7-12-4-2-3-5-14(12)21-15/h2-9,19H,10H2,1H3. The van der Waals surface area contributed by atoms with Crippen molar-refractivity contribution in [1.82, 2.24) is 15.4 Å². The summed E-state index contributed by atoms with van der Waals surface area (Å²) < 4.78 is 0. The van der Waals surface area contributed by atoms with Crippen LogP contribution in [0.3, 0.4) is 0 Å². The number of hydrogen-bond donors (Lipinski definition) is 1. The summed E-state index contributed by atoms with van der Waals surface area (Å²) in [6, 6.07) is 16.6. The Kier molecular flexibility index (Phi) is 2.11. The number of fused-ring (bicyclic) bond motifs is 5. The third kappa shape index (κ3) is 1.30. The number of aryl methyl sites for hydroxylation is 1. The molecule has 0 radical (unpaired) electrons. The second-order valence-corrected chi connectivity index (χ2v) is 5.94. The first kappa shape index (κ1) is 11.9. The van der Waals surface area contributed by atoms with E-state index in [4.69, 9.17) is 9.97 Å². The predicted octanol–water partition coefficient (Wildman–Crippen LogP) is 2.55. The van der Waals surface area contributed by atoms with E-state index >= 15 is 0 Å². The van der Waals surface area contributed by atoms with Gasteiger partial charge in [-0.15, -0.1) is 0 Å². The van der Waals surface area contributed by atoms with Crippen LogP contribution in [0.15, 0.2) is 53.6 Å². The number of para-hydroxylation sites is 1. The van der Waals surface area contributed by atoms with Crippen molar-refractivity contribution in [2.45, 2.75) is 12.3 Å². The molecule has 22 heavy (non-hydrogen) atoms. The third-order valence-electron chi connectivity index (χ3n) is 4.67. The van der Waals surface area contributed by atoms with Crippen LogP contribution in [-0.2, 0) is 5.41 Å². The molecule has 1 N–H and O–H groups in total. The van der Waals surface area contributed by atoms with E-state index in [2.05, 4.69) is 40.9 Å². The average Bonchev–Trinajstić information content (AvgIpc) is 2.93. The quantitative estimate of drug-likeness (QED) is 0.748. The maximum absolute atomic E-state index is 4.90. The van der Waals surface area contributed by atoms with Crippen LogP contribution in [0, 0.1) is 6.92 Å². The Bertz CT molecular complexity index is 960. The molecule has 3 aromatic rings. The molecule has 0 saturated heterocycles. The molecule has 0 spiro atoms. The minimum Gasteiger partial charge on any atom is -0.308 e. The molecule has 0 saturated carbocycles. The number of nitrogens with one attached hydrogen (secondary N) is 1. The maximum Gasteiger partial charge on any atom is 0.119 e. The number of hydrogen-bond acceptors (Lipinski definition) is 4. The molecule has 4 heteroatoms. The highest BCUT2D eigenvalue weighted by atomic mass is 15.3. The van der Waals surface area contributed by atoms with Gasteiger partial charge in [-0.05, 0) is 31.2 Å².